The Hall–Kier alpha value is -0.160. The van der Waals surface area contributed by atoms with Crippen LogP contribution in [0, 0.1) is 5.92 Å². The van der Waals surface area contributed by atoms with Crippen LogP contribution in [0.3, 0.4) is 0 Å². The number of hydrogen-bond donors (Lipinski definition) is 2. The predicted molar refractivity (Wildman–Crippen MR) is 58.9 cm³/mol. The Balaban J connectivity index is 1.90. The summed E-state index contributed by atoms with van der Waals surface area (Å²) in [7, 11) is 0. The SMILES string of the molecule is CC(NCCCOCCO)C1CCOC1. The van der Waals surface area contributed by atoms with Gasteiger partial charge in [-0.2, -0.15) is 0 Å². The van der Waals surface area contributed by atoms with E-state index in [9.17, 15) is 0 Å². The molecule has 1 aliphatic rings. The van der Waals surface area contributed by atoms with Gasteiger partial charge in [0.1, 0.15) is 0 Å². The molecular formula is C11H23NO3. The largest absolute Gasteiger partial charge is 0.394 e. The lowest BCUT2D eigenvalue weighted by molar-refractivity contribution is 0.0900. The molecule has 4 heteroatoms. The van der Waals surface area contributed by atoms with Gasteiger partial charge in [0, 0.05) is 19.3 Å². The maximum atomic E-state index is 8.50. The van der Waals surface area contributed by atoms with Crippen molar-refractivity contribution in [3.8, 4) is 0 Å². The van der Waals surface area contributed by atoms with Gasteiger partial charge in [-0.3, -0.25) is 0 Å². The summed E-state index contributed by atoms with van der Waals surface area (Å²) in [5.41, 5.74) is 0. The Kier molecular flexibility index (Phi) is 6.92. The minimum Gasteiger partial charge on any atom is -0.394 e. The van der Waals surface area contributed by atoms with E-state index in [-0.39, 0.29) is 6.61 Å². The van der Waals surface area contributed by atoms with Crippen molar-refractivity contribution in [1.82, 2.24) is 5.32 Å². The van der Waals surface area contributed by atoms with Crippen molar-refractivity contribution in [1.29, 1.82) is 0 Å². The van der Waals surface area contributed by atoms with Gasteiger partial charge in [0.25, 0.3) is 0 Å². The molecule has 1 aliphatic heterocycles. The summed E-state index contributed by atoms with van der Waals surface area (Å²) in [5, 5.41) is 12.0. The predicted octanol–water partition coefficient (Wildman–Crippen LogP) is 0.400. The fourth-order valence-electron chi connectivity index (χ4n) is 1.78. The fraction of sp³-hybridized carbons (Fsp3) is 1.00. The quantitative estimate of drug-likeness (QED) is 0.578. The third-order valence-electron chi connectivity index (χ3n) is 2.84. The zero-order chi connectivity index (χ0) is 10.9. The summed E-state index contributed by atoms with van der Waals surface area (Å²) in [6.07, 6.45) is 2.17. The molecule has 4 nitrogen and oxygen atoms in total. The maximum absolute atomic E-state index is 8.50. The smallest absolute Gasteiger partial charge is 0.0697 e. The Morgan fingerprint density at radius 3 is 3.07 bits per heavy atom. The van der Waals surface area contributed by atoms with Crippen LogP contribution in [0.5, 0.6) is 0 Å². The molecule has 0 aromatic carbocycles. The van der Waals surface area contributed by atoms with E-state index >= 15 is 0 Å². The van der Waals surface area contributed by atoms with Gasteiger partial charge in [-0.05, 0) is 32.2 Å². The highest BCUT2D eigenvalue weighted by Gasteiger charge is 2.21. The molecular weight excluding hydrogens is 194 g/mol. The summed E-state index contributed by atoms with van der Waals surface area (Å²) in [6, 6.07) is 0.533. The van der Waals surface area contributed by atoms with Gasteiger partial charge < -0.3 is 19.9 Å². The second-order valence-electron chi connectivity index (χ2n) is 4.06. The number of rotatable bonds is 8. The first-order chi connectivity index (χ1) is 7.34. The average Bonchev–Trinajstić information content (AvgIpc) is 2.76. The van der Waals surface area contributed by atoms with Crippen LogP contribution < -0.4 is 5.32 Å². The first-order valence-electron chi connectivity index (χ1n) is 5.84. The minimum atomic E-state index is 0.114. The van der Waals surface area contributed by atoms with Crippen LogP contribution in [0.2, 0.25) is 0 Å². The zero-order valence-corrected chi connectivity index (χ0v) is 9.58. The van der Waals surface area contributed by atoms with Crippen molar-refractivity contribution < 1.29 is 14.6 Å². The van der Waals surface area contributed by atoms with Crippen LogP contribution >= 0.6 is 0 Å². The summed E-state index contributed by atoms with van der Waals surface area (Å²) in [6.45, 7) is 6.29. The first-order valence-corrected chi connectivity index (χ1v) is 5.84. The highest BCUT2D eigenvalue weighted by molar-refractivity contribution is 4.75. The number of aliphatic hydroxyl groups excluding tert-OH is 1. The molecule has 0 aliphatic carbocycles. The second kappa shape index (κ2) is 8.05. The number of aliphatic hydroxyl groups is 1. The molecule has 0 aromatic heterocycles. The lowest BCUT2D eigenvalue weighted by atomic mass is 10.0. The molecule has 0 amide bonds. The molecule has 2 N–H and O–H groups in total. The standard InChI is InChI=1S/C11H23NO3/c1-10(11-3-7-15-9-11)12-4-2-6-14-8-5-13/h10-13H,2-9H2,1H3. The monoisotopic (exact) mass is 217 g/mol. The molecule has 1 saturated heterocycles. The van der Waals surface area contributed by atoms with Crippen molar-refractivity contribution in [2.45, 2.75) is 25.8 Å². The van der Waals surface area contributed by atoms with Gasteiger partial charge in [0.05, 0.1) is 19.8 Å². The molecule has 1 heterocycles. The third kappa shape index (κ3) is 5.47. The van der Waals surface area contributed by atoms with Gasteiger partial charge >= 0.3 is 0 Å². The van der Waals surface area contributed by atoms with Gasteiger partial charge in [0.2, 0.25) is 0 Å². The van der Waals surface area contributed by atoms with Crippen molar-refractivity contribution in [2.24, 2.45) is 5.92 Å². The van der Waals surface area contributed by atoms with E-state index in [0.717, 1.165) is 32.8 Å². The van der Waals surface area contributed by atoms with Gasteiger partial charge in [-0.1, -0.05) is 0 Å². The Bertz CT molecular complexity index is 149. The van der Waals surface area contributed by atoms with Crippen molar-refractivity contribution >= 4 is 0 Å². The van der Waals surface area contributed by atoms with Crippen LogP contribution in [0.1, 0.15) is 19.8 Å². The summed E-state index contributed by atoms with van der Waals surface area (Å²) < 4.78 is 10.5. The Labute approximate surface area is 92.0 Å². The van der Waals surface area contributed by atoms with E-state index < -0.39 is 0 Å². The lowest BCUT2D eigenvalue weighted by Crippen LogP contribution is -2.34. The van der Waals surface area contributed by atoms with Crippen molar-refractivity contribution in [3.63, 3.8) is 0 Å². The van der Waals surface area contributed by atoms with Crippen molar-refractivity contribution in [3.05, 3.63) is 0 Å². The van der Waals surface area contributed by atoms with E-state index in [2.05, 4.69) is 12.2 Å². The molecule has 15 heavy (non-hydrogen) atoms. The van der Waals surface area contributed by atoms with Gasteiger partial charge in [0.15, 0.2) is 0 Å². The topological polar surface area (TPSA) is 50.7 Å². The maximum Gasteiger partial charge on any atom is 0.0697 e. The van der Waals surface area contributed by atoms with Gasteiger partial charge in [-0.15, -0.1) is 0 Å². The van der Waals surface area contributed by atoms with Crippen molar-refractivity contribution in [2.75, 3.05) is 39.6 Å². The summed E-state index contributed by atoms with van der Waals surface area (Å²) >= 11 is 0. The lowest BCUT2D eigenvalue weighted by Gasteiger charge is -2.19. The molecule has 0 bridgehead atoms. The van der Waals surface area contributed by atoms with Crippen LogP contribution in [-0.4, -0.2) is 50.7 Å². The third-order valence-corrected chi connectivity index (χ3v) is 2.84. The highest BCUT2D eigenvalue weighted by atomic mass is 16.5. The molecule has 2 unspecified atom stereocenters. The van der Waals surface area contributed by atoms with Crippen LogP contribution in [0.25, 0.3) is 0 Å². The van der Waals surface area contributed by atoms with E-state index in [1.807, 2.05) is 0 Å². The van der Waals surface area contributed by atoms with Crippen LogP contribution in [0.15, 0.2) is 0 Å². The number of hydrogen-bond acceptors (Lipinski definition) is 4. The number of nitrogens with one attached hydrogen (secondary N) is 1. The van der Waals surface area contributed by atoms with Gasteiger partial charge in [-0.25, -0.2) is 0 Å². The molecule has 90 valence electrons. The van der Waals surface area contributed by atoms with E-state index in [4.69, 9.17) is 14.6 Å². The molecule has 2 atom stereocenters. The average molecular weight is 217 g/mol. The highest BCUT2D eigenvalue weighted by Crippen LogP contribution is 2.15. The van der Waals surface area contributed by atoms with E-state index in [1.165, 1.54) is 6.42 Å². The fourth-order valence-corrected chi connectivity index (χ4v) is 1.78. The summed E-state index contributed by atoms with van der Waals surface area (Å²) in [5.74, 6) is 0.670. The zero-order valence-electron chi connectivity index (χ0n) is 9.58. The van der Waals surface area contributed by atoms with Crippen LogP contribution in [0.4, 0.5) is 0 Å². The molecule has 0 aromatic rings. The summed E-state index contributed by atoms with van der Waals surface area (Å²) in [4.78, 5) is 0. The van der Waals surface area contributed by atoms with Crippen LogP contribution in [-0.2, 0) is 9.47 Å². The molecule has 1 fully saturated rings. The second-order valence-corrected chi connectivity index (χ2v) is 4.06. The first kappa shape index (κ1) is 12.9. The Morgan fingerprint density at radius 2 is 2.40 bits per heavy atom. The molecule has 0 radical (unpaired) electrons. The molecule has 0 saturated carbocycles. The van der Waals surface area contributed by atoms with E-state index in [0.29, 0.717) is 18.6 Å². The molecule has 1 rings (SSSR count). The van der Waals surface area contributed by atoms with E-state index in [1.54, 1.807) is 0 Å². The Morgan fingerprint density at radius 1 is 1.53 bits per heavy atom. The minimum absolute atomic E-state index is 0.114. The normalized spacial score (nSPS) is 23.2. The number of ether oxygens (including phenoxy) is 2. The molecule has 0 spiro atoms.